The van der Waals surface area contributed by atoms with Gasteiger partial charge in [-0.3, -0.25) is 5.41 Å². The molecule has 0 aliphatic carbocycles. The number of hydrogen-bond acceptors (Lipinski definition) is 3. The molecule has 0 atom stereocenters. The van der Waals surface area contributed by atoms with Crippen LogP contribution in [0.15, 0.2) is 30.6 Å². The van der Waals surface area contributed by atoms with E-state index in [1.165, 1.54) is 37.9 Å². The van der Waals surface area contributed by atoms with Crippen LogP contribution in [0.2, 0.25) is 0 Å². The molecule has 0 bridgehead atoms. The third-order valence-electron chi connectivity index (χ3n) is 3.42. The zero-order chi connectivity index (χ0) is 16.2. The molecule has 4 nitrogen and oxygen atoms in total. The summed E-state index contributed by atoms with van der Waals surface area (Å²) in [5.74, 6) is 0.600. The normalized spacial score (nSPS) is 10.9. The summed E-state index contributed by atoms with van der Waals surface area (Å²) < 4.78 is 13.0. The number of aromatic nitrogens is 1. The minimum absolute atomic E-state index is 0.349. The molecular weight excluding hydrogens is 279 g/mol. The summed E-state index contributed by atoms with van der Waals surface area (Å²) in [6.07, 6.45) is 11.7. The molecule has 0 aliphatic heterocycles. The van der Waals surface area contributed by atoms with E-state index in [9.17, 15) is 4.39 Å². The Morgan fingerprint density at radius 1 is 1.27 bits per heavy atom. The van der Waals surface area contributed by atoms with Gasteiger partial charge >= 0.3 is 0 Å². The molecule has 0 spiro atoms. The van der Waals surface area contributed by atoms with E-state index in [4.69, 9.17) is 5.41 Å². The molecule has 0 saturated heterocycles. The predicted octanol–water partition coefficient (Wildman–Crippen LogP) is 4.10. The second-order valence-corrected chi connectivity index (χ2v) is 5.26. The number of unbranched alkanes of at least 4 members (excludes halogenated alkanes) is 5. The zero-order valence-corrected chi connectivity index (χ0v) is 13.6. The quantitative estimate of drug-likeness (QED) is 0.389. The van der Waals surface area contributed by atoms with Crippen molar-refractivity contribution in [2.24, 2.45) is 0 Å². The van der Waals surface area contributed by atoms with Gasteiger partial charge < -0.3 is 10.2 Å². The van der Waals surface area contributed by atoms with Crippen molar-refractivity contribution in [1.29, 1.82) is 5.41 Å². The van der Waals surface area contributed by atoms with Crippen LogP contribution in [0, 0.1) is 11.2 Å². The van der Waals surface area contributed by atoms with Crippen molar-refractivity contribution in [1.82, 2.24) is 10.3 Å². The van der Waals surface area contributed by atoms with Crippen LogP contribution in [-0.2, 0) is 0 Å². The van der Waals surface area contributed by atoms with Gasteiger partial charge in [-0.25, -0.2) is 9.37 Å². The van der Waals surface area contributed by atoms with Gasteiger partial charge in [-0.1, -0.05) is 39.0 Å². The average Bonchev–Trinajstić information content (AvgIpc) is 2.53. The molecule has 1 rings (SSSR count). The van der Waals surface area contributed by atoms with E-state index >= 15 is 0 Å². The molecule has 0 radical (unpaired) electrons. The SMILES string of the molecule is CCCCCCCCN(C(=N)/C=C\NC)c1ccc(F)cn1. The Labute approximate surface area is 133 Å². The van der Waals surface area contributed by atoms with E-state index in [0.29, 0.717) is 11.7 Å². The third kappa shape index (κ3) is 6.70. The van der Waals surface area contributed by atoms with Crippen LogP contribution in [-0.4, -0.2) is 24.4 Å². The molecule has 0 aromatic carbocycles. The number of anilines is 1. The Morgan fingerprint density at radius 2 is 2.00 bits per heavy atom. The van der Waals surface area contributed by atoms with Crippen LogP contribution in [0.25, 0.3) is 0 Å². The van der Waals surface area contributed by atoms with E-state index in [1.54, 1.807) is 25.4 Å². The number of halogens is 1. The molecule has 2 N–H and O–H groups in total. The van der Waals surface area contributed by atoms with Crippen LogP contribution in [0.5, 0.6) is 0 Å². The van der Waals surface area contributed by atoms with Gasteiger partial charge in [0.2, 0.25) is 0 Å². The highest BCUT2D eigenvalue weighted by Crippen LogP contribution is 2.14. The predicted molar refractivity (Wildman–Crippen MR) is 90.8 cm³/mol. The largest absolute Gasteiger partial charge is 0.394 e. The van der Waals surface area contributed by atoms with Crippen LogP contribution < -0.4 is 10.2 Å². The molecule has 1 aromatic rings. The lowest BCUT2D eigenvalue weighted by atomic mass is 10.1. The van der Waals surface area contributed by atoms with Crippen molar-refractivity contribution in [3.63, 3.8) is 0 Å². The molecule has 1 aromatic heterocycles. The zero-order valence-electron chi connectivity index (χ0n) is 13.6. The van der Waals surface area contributed by atoms with Crippen molar-refractivity contribution < 1.29 is 4.39 Å². The molecule has 0 unspecified atom stereocenters. The highest BCUT2D eigenvalue weighted by atomic mass is 19.1. The molecule has 5 heteroatoms. The standard InChI is InChI=1S/C17H27FN4/c1-3-4-5-6-7-8-13-22(16(19)11-12-20-2)17-10-9-15(18)14-21-17/h9-12,14,19-20H,3-8,13H2,1-2H3/b12-11-,19-16?. The Morgan fingerprint density at radius 3 is 2.64 bits per heavy atom. The molecule has 22 heavy (non-hydrogen) atoms. The van der Waals surface area contributed by atoms with Crippen LogP contribution >= 0.6 is 0 Å². The number of amidine groups is 1. The monoisotopic (exact) mass is 306 g/mol. The summed E-state index contributed by atoms with van der Waals surface area (Å²) in [6.45, 7) is 2.93. The summed E-state index contributed by atoms with van der Waals surface area (Å²) in [5.41, 5.74) is 0. The van der Waals surface area contributed by atoms with Crippen molar-refractivity contribution >= 4 is 11.7 Å². The molecule has 122 valence electrons. The van der Waals surface area contributed by atoms with E-state index in [0.717, 1.165) is 19.4 Å². The number of rotatable bonds is 10. The first-order chi connectivity index (χ1) is 10.7. The Bertz CT molecular complexity index is 456. The topological polar surface area (TPSA) is 52.0 Å². The number of nitrogens with zero attached hydrogens (tertiary/aromatic N) is 2. The summed E-state index contributed by atoms with van der Waals surface area (Å²) in [6, 6.07) is 3.00. The summed E-state index contributed by atoms with van der Waals surface area (Å²) in [4.78, 5) is 5.90. The minimum Gasteiger partial charge on any atom is -0.394 e. The van der Waals surface area contributed by atoms with Gasteiger partial charge in [0.05, 0.1) is 6.20 Å². The van der Waals surface area contributed by atoms with Crippen molar-refractivity contribution in [2.75, 3.05) is 18.5 Å². The minimum atomic E-state index is -0.361. The van der Waals surface area contributed by atoms with E-state index in [2.05, 4.69) is 17.2 Å². The second-order valence-electron chi connectivity index (χ2n) is 5.26. The fourth-order valence-corrected chi connectivity index (χ4v) is 2.19. The van der Waals surface area contributed by atoms with Gasteiger partial charge in [-0.05, 0) is 30.8 Å². The van der Waals surface area contributed by atoms with Crippen LogP contribution in [0.3, 0.4) is 0 Å². The van der Waals surface area contributed by atoms with Crippen molar-refractivity contribution in [2.45, 2.75) is 45.4 Å². The van der Waals surface area contributed by atoms with Crippen LogP contribution in [0.4, 0.5) is 10.2 Å². The Kier molecular flexibility index (Phi) is 8.88. The maximum atomic E-state index is 13.0. The lowest BCUT2D eigenvalue weighted by Crippen LogP contribution is -2.31. The number of hydrogen-bond donors (Lipinski definition) is 2. The Hall–Kier alpha value is -1.91. The maximum Gasteiger partial charge on any atom is 0.141 e. The molecule has 0 fully saturated rings. The summed E-state index contributed by atoms with van der Waals surface area (Å²) in [5, 5.41) is 11.0. The van der Waals surface area contributed by atoms with Gasteiger partial charge in [-0.2, -0.15) is 0 Å². The smallest absolute Gasteiger partial charge is 0.141 e. The first kappa shape index (κ1) is 18.1. The number of nitrogens with one attached hydrogen (secondary N) is 2. The van der Waals surface area contributed by atoms with Gasteiger partial charge in [0, 0.05) is 13.6 Å². The molecular formula is C17H27FN4. The summed E-state index contributed by atoms with van der Waals surface area (Å²) >= 11 is 0. The molecule has 0 saturated carbocycles. The van der Waals surface area contributed by atoms with Gasteiger partial charge in [0.1, 0.15) is 17.5 Å². The van der Waals surface area contributed by atoms with Gasteiger partial charge in [0.25, 0.3) is 0 Å². The van der Waals surface area contributed by atoms with Crippen molar-refractivity contribution in [3.8, 4) is 0 Å². The van der Waals surface area contributed by atoms with Gasteiger partial charge in [-0.15, -0.1) is 0 Å². The van der Waals surface area contributed by atoms with Crippen LogP contribution in [0.1, 0.15) is 45.4 Å². The highest BCUT2D eigenvalue weighted by molar-refractivity contribution is 6.02. The third-order valence-corrected chi connectivity index (χ3v) is 3.42. The summed E-state index contributed by atoms with van der Waals surface area (Å²) in [7, 11) is 1.79. The average molecular weight is 306 g/mol. The Balaban J connectivity index is 2.60. The lowest BCUT2D eigenvalue weighted by Gasteiger charge is -2.22. The van der Waals surface area contributed by atoms with E-state index in [-0.39, 0.29) is 5.82 Å². The van der Waals surface area contributed by atoms with Crippen molar-refractivity contribution in [3.05, 3.63) is 36.4 Å². The van der Waals surface area contributed by atoms with E-state index < -0.39 is 0 Å². The highest BCUT2D eigenvalue weighted by Gasteiger charge is 2.11. The molecule has 0 aliphatic rings. The fourth-order valence-electron chi connectivity index (χ4n) is 2.19. The lowest BCUT2D eigenvalue weighted by molar-refractivity contribution is 0.608. The maximum absolute atomic E-state index is 13.0. The first-order valence-electron chi connectivity index (χ1n) is 8.00. The van der Waals surface area contributed by atoms with Gasteiger partial charge in [0.15, 0.2) is 0 Å². The fraction of sp³-hybridized carbons (Fsp3) is 0.529. The number of pyridine rings is 1. The second kappa shape index (κ2) is 10.8. The molecule has 1 heterocycles. The molecule has 0 amide bonds. The van der Waals surface area contributed by atoms with E-state index in [1.807, 2.05) is 4.90 Å². The first-order valence-corrected chi connectivity index (χ1v) is 8.00.